The van der Waals surface area contributed by atoms with E-state index in [0.717, 1.165) is 35.0 Å². The van der Waals surface area contributed by atoms with Crippen molar-refractivity contribution in [1.82, 2.24) is 4.72 Å². The van der Waals surface area contributed by atoms with E-state index in [-0.39, 0.29) is 23.5 Å². The molecule has 1 aliphatic heterocycles. The highest BCUT2D eigenvalue weighted by molar-refractivity contribution is 9.10. The Bertz CT molecular complexity index is 977. The summed E-state index contributed by atoms with van der Waals surface area (Å²) in [6, 6.07) is 12.1. The van der Waals surface area contributed by atoms with E-state index < -0.39 is 10.0 Å². The van der Waals surface area contributed by atoms with Crippen LogP contribution < -0.4 is 14.4 Å². The molecule has 1 amide bonds. The first-order valence-corrected chi connectivity index (χ1v) is 11.9. The van der Waals surface area contributed by atoms with Crippen molar-refractivity contribution >= 4 is 37.5 Å². The third-order valence-corrected chi connectivity index (χ3v) is 6.81. The SMILES string of the molecule is CCCCNS(=O)(=O)c1ccc(OCC(=O)N2c3ccc(Br)cc3CC2C)cc1. The molecule has 3 rings (SSSR count). The third-order valence-electron chi connectivity index (χ3n) is 4.84. The number of rotatable bonds is 8. The number of ether oxygens (including phenoxy) is 1. The van der Waals surface area contributed by atoms with Crippen LogP contribution in [0.3, 0.4) is 0 Å². The van der Waals surface area contributed by atoms with Gasteiger partial charge in [0.1, 0.15) is 5.75 Å². The minimum absolute atomic E-state index is 0.0668. The molecule has 1 N–H and O–H groups in total. The van der Waals surface area contributed by atoms with Gasteiger partial charge in [-0.3, -0.25) is 4.79 Å². The molecule has 0 bridgehead atoms. The number of halogens is 1. The van der Waals surface area contributed by atoms with Gasteiger partial charge in [0.05, 0.1) is 4.90 Å². The molecule has 156 valence electrons. The molecule has 1 atom stereocenters. The predicted octanol–water partition coefficient (Wildman–Crippen LogP) is 3.88. The van der Waals surface area contributed by atoms with Crippen LogP contribution in [0.25, 0.3) is 0 Å². The lowest BCUT2D eigenvalue weighted by molar-refractivity contribution is -0.120. The first-order valence-electron chi connectivity index (χ1n) is 9.65. The lowest BCUT2D eigenvalue weighted by Crippen LogP contribution is -2.39. The van der Waals surface area contributed by atoms with E-state index in [2.05, 4.69) is 20.7 Å². The standard InChI is InChI=1S/C21H25BrN2O4S/c1-3-4-11-23-29(26,27)19-8-6-18(7-9-19)28-14-21(25)24-15(2)12-16-13-17(22)5-10-20(16)24/h5-10,13,15,23H,3-4,11-12,14H2,1-2H3. The summed E-state index contributed by atoms with van der Waals surface area (Å²) in [6.07, 6.45) is 2.51. The summed E-state index contributed by atoms with van der Waals surface area (Å²) in [5.41, 5.74) is 2.04. The van der Waals surface area contributed by atoms with Gasteiger partial charge in [-0.25, -0.2) is 13.1 Å². The van der Waals surface area contributed by atoms with Crippen LogP contribution in [0.5, 0.6) is 5.75 Å². The summed E-state index contributed by atoms with van der Waals surface area (Å²) < 4.78 is 33.6. The fraction of sp³-hybridized carbons (Fsp3) is 0.381. The predicted molar refractivity (Wildman–Crippen MR) is 117 cm³/mol. The second kappa shape index (κ2) is 9.28. The van der Waals surface area contributed by atoms with Gasteiger partial charge in [-0.15, -0.1) is 0 Å². The van der Waals surface area contributed by atoms with Gasteiger partial charge in [-0.05, 0) is 67.8 Å². The molecule has 0 saturated heterocycles. The summed E-state index contributed by atoms with van der Waals surface area (Å²) in [5, 5.41) is 0. The fourth-order valence-electron chi connectivity index (χ4n) is 3.38. The van der Waals surface area contributed by atoms with Crippen molar-refractivity contribution in [2.45, 2.75) is 44.0 Å². The minimum atomic E-state index is -3.52. The van der Waals surface area contributed by atoms with Gasteiger partial charge in [0.2, 0.25) is 10.0 Å². The number of carbonyl (C=O) groups excluding carboxylic acids is 1. The summed E-state index contributed by atoms with van der Waals surface area (Å²) >= 11 is 3.46. The molecule has 0 saturated carbocycles. The van der Waals surface area contributed by atoms with Crippen molar-refractivity contribution < 1.29 is 17.9 Å². The van der Waals surface area contributed by atoms with Gasteiger partial charge in [-0.1, -0.05) is 29.3 Å². The maximum atomic E-state index is 12.7. The molecule has 0 aromatic heterocycles. The number of fused-ring (bicyclic) bond motifs is 1. The number of unbranched alkanes of at least 4 members (excludes halogenated alkanes) is 1. The van der Waals surface area contributed by atoms with Crippen LogP contribution in [0, 0.1) is 0 Å². The highest BCUT2D eigenvalue weighted by atomic mass is 79.9. The van der Waals surface area contributed by atoms with Crippen molar-refractivity contribution in [2.75, 3.05) is 18.1 Å². The lowest BCUT2D eigenvalue weighted by Gasteiger charge is -2.22. The van der Waals surface area contributed by atoms with Gasteiger partial charge < -0.3 is 9.64 Å². The Kier molecular flexibility index (Phi) is 6.97. The van der Waals surface area contributed by atoms with E-state index in [0.29, 0.717) is 12.3 Å². The highest BCUT2D eigenvalue weighted by Crippen LogP contribution is 2.34. The second-order valence-electron chi connectivity index (χ2n) is 7.10. The van der Waals surface area contributed by atoms with E-state index in [1.165, 1.54) is 12.1 Å². The summed E-state index contributed by atoms with van der Waals surface area (Å²) in [4.78, 5) is 14.7. The molecule has 0 radical (unpaired) electrons. The maximum Gasteiger partial charge on any atom is 0.265 e. The Labute approximate surface area is 180 Å². The largest absolute Gasteiger partial charge is 0.484 e. The number of anilines is 1. The smallest absolute Gasteiger partial charge is 0.265 e. The Balaban J connectivity index is 1.61. The molecule has 0 aliphatic carbocycles. The molecule has 2 aromatic rings. The molecular weight excluding hydrogens is 456 g/mol. The fourth-order valence-corrected chi connectivity index (χ4v) is 4.86. The first kappa shape index (κ1) is 21.8. The normalized spacial score (nSPS) is 16.0. The zero-order valence-electron chi connectivity index (χ0n) is 16.5. The third kappa shape index (κ3) is 5.18. The highest BCUT2D eigenvalue weighted by Gasteiger charge is 2.31. The Morgan fingerprint density at radius 3 is 2.66 bits per heavy atom. The topological polar surface area (TPSA) is 75.7 Å². The molecule has 6 nitrogen and oxygen atoms in total. The quantitative estimate of drug-likeness (QED) is 0.581. The van der Waals surface area contributed by atoms with E-state index in [1.807, 2.05) is 32.0 Å². The monoisotopic (exact) mass is 480 g/mol. The Hall–Kier alpha value is -1.90. The maximum absolute atomic E-state index is 12.7. The van der Waals surface area contributed by atoms with Gasteiger partial charge in [-0.2, -0.15) is 0 Å². The van der Waals surface area contributed by atoms with Crippen molar-refractivity contribution in [3.8, 4) is 5.75 Å². The summed E-state index contributed by atoms with van der Waals surface area (Å²) in [5.74, 6) is 0.324. The molecular formula is C21H25BrN2O4S. The molecule has 1 unspecified atom stereocenters. The van der Waals surface area contributed by atoms with Crippen molar-refractivity contribution in [3.63, 3.8) is 0 Å². The molecule has 1 aliphatic rings. The van der Waals surface area contributed by atoms with Gasteiger partial charge in [0.25, 0.3) is 5.91 Å². The van der Waals surface area contributed by atoms with Crippen LogP contribution in [0.1, 0.15) is 32.3 Å². The van der Waals surface area contributed by atoms with Crippen LogP contribution in [-0.4, -0.2) is 33.5 Å². The average molecular weight is 481 g/mol. The zero-order valence-corrected chi connectivity index (χ0v) is 18.9. The van der Waals surface area contributed by atoms with E-state index in [4.69, 9.17) is 4.74 Å². The molecule has 29 heavy (non-hydrogen) atoms. The average Bonchev–Trinajstić information content (AvgIpc) is 3.01. The van der Waals surface area contributed by atoms with Gasteiger partial charge >= 0.3 is 0 Å². The number of nitrogens with zero attached hydrogens (tertiary/aromatic N) is 1. The van der Waals surface area contributed by atoms with Gasteiger partial charge in [0.15, 0.2) is 6.61 Å². The Morgan fingerprint density at radius 1 is 1.24 bits per heavy atom. The molecule has 8 heteroatoms. The second-order valence-corrected chi connectivity index (χ2v) is 9.78. The van der Waals surface area contributed by atoms with Crippen LogP contribution in [0.15, 0.2) is 51.8 Å². The number of sulfonamides is 1. The molecule has 2 aromatic carbocycles. The van der Waals surface area contributed by atoms with Crippen molar-refractivity contribution in [3.05, 3.63) is 52.5 Å². The van der Waals surface area contributed by atoms with Crippen LogP contribution in [-0.2, 0) is 21.2 Å². The summed E-state index contributed by atoms with van der Waals surface area (Å²) in [7, 11) is -3.52. The minimum Gasteiger partial charge on any atom is -0.484 e. The first-order chi connectivity index (χ1) is 13.8. The van der Waals surface area contributed by atoms with Crippen LogP contribution in [0.2, 0.25) is 0 Å². The van der Waals surface area contributed by atoms with Gasteiger partial charge in [0, 0.05) is 22.7 Å². The van der Waals surface area contributed by atoms with Crippen LogP contribution >= 0.6 is 15.9 Å². The number of hydrogen-bond donors (Lipinski definition) is 1. The Morgan fingerprint density at radius 2 is 1.97 bits per heavy atom. The summed E-state index contributed by atoms with van der Waals surface area (Å²) in [6.45, 7) is 4.32. The van der Waals surface area contributed by atoms with Crippen molar-refractivity contribution in [1.29, 1.82) is 0 Å². The number of benzene rings is 2. The molecule has 0 fully saturated rings. The lowest BCUT2D eigenvalue weighted by atomic mass is 10.1. The van der Waals surface area contributed by atoms with E-state index in [1.54, 1.807) is 17.0 Å². The number of carbonyl (C=O) groups is 1. The molecule has 0 spiro atoms. The number of hydrogen-bond acceptors (Lipinski definition) is 4. The molecule has 1 heterocycles. The van der Waals surface area contributed by atoms with E-state index in [9.17, 15) is 13.2 Å². The number of nitrogens with one attached hydrogen (secondary N) is 1. The zero-order chi connectivity index (χ0) is 21.0. The van der Waals surface area contributed by atoms with Crippen molar-refractivity contribution in [2.24, 2.45) is 0 Å². The number of amides is 1. The van der Waals surface area contributed by atoms with E-state index >= 15 is 0 Å². The van der Waals surface area contributed by atoms with Crippen LogP contribution in [0.4, 0.5) is 5.69 Å².